The van der Waals surface area contributed by atoms with Crippen molar-refractivity contribution >= 4 is 40.5 Å². The topological polar surface area (TPSA) is 170 Å². The fourth-order valence-electron chi connectivity index (χ4n) is 3.37. The number of sulfonamides is 1. The van der Waals surface area contributed by atoms with E-state index in [4.69, 9.17) is 9.47 Å². The van der Waals surface area contributed by atoms with Crippen LogP contribution in [0, 0.1) is 0 Å². The van der Waals surface area contributed by atoms with Crippen molar-refractivity contribution in [1.82, 2.24) is 10.3 Å². The molecule has 0 spiro atoms. The first-order valence-electron chi connectivity index (χ1n) is 11.4. The molecule has 1 aromatic heterocycles. The number of aromatic nitrogens is 1. The summed E-state index contributed by atoms with van der Waals surface area (Å²) in [7, 11) is -3.58. The molecule has 216 valence electrons. The molecule has 2 atom stereocenters. The van der Waals surface area contributed by atoms with E-state index in [9.17, 15) is 28.8 Å². The number of aromatic hydroxyl groups is 1. The van der Waals surface area contributed by atoms with E-state index in [-0.39, 0.29) is 74.4 Å². The molecule has 0 fully saturated rings. The average molecular weight is 607 g/mol. The van der Waals surface area contributed by atoms with Crippen LogP contribution < -0.4 is 19.5 Å². The Morgan fingerprint density at radius 1 is 1.03 bits per heavy atom. The molecule has 3 aromatic rings. The second kappa shape index (κ2) is 16.3. The third-order valence-corrected chi connectivity index (χ3v) is 5.80. The summed E-state index contributed by atoms with van der Waals surface area (Å²) in [6, 6.07) is 14.4. The number of aliphatic hydroxyl groups excluding tert-OH is 3. The van der Waals surface area contributed by atoms with Gasteiger partial charge in [0.05, 0.1) is 25.2 Å². The van der Waals surface area contributed by atoms with Crippen LogP contribution in [0.25, 0.3) is 0 Å². The Labute approximate surface area is 239 Å². The van der Waals surface area contributed by atoms with Crippen LogP contribution in [-0.4, -0.2) is 72.0 Å². The maximum absolute atomic E-state index is 11.4. The van der Waals surface area contributed by atoms with Crippen molar-refractivity contribution in [3.63, 3.8) is 0 Å². The highest BCUT2D eigenvalue weighted by Crippen LogP contribution is 2.29. The van der Waals surface area contributed by atoms with Crippen molar-refractivity contribution in [1.29, 1.82) is 0 Å². The molecule has 0 unspecified atom stereocenters. The van der Waals surface area contributed by atoms with Crippen LogP contribution in [0.3, 0.4) is 0 Å². The van der Waals surface area contributed by atoms with Gasteiger partial charge in [-0.05, 0) is 48.4 Å². The van der Waals surface area contributed by atoms with Crippen LogP contribution in [0.5, 0.6) is 23.1 Å². The van der Waals surface area contributed by atoms with Gasteiger partial charge in [0.2, 0.25) is 15.9 Å². The predicted octanol–water partition coefficient (Wildman–Crippen LogP) is 2.22. The fraction of sp³-hybridized carbons (Fsp3) is 0.320. The molecule has 14 heteroatoms. The molecule has 2 aromatic carbocycles. The molecule has 0 bridgehead atoms. The molecule has 0 amide bonds. The molecule has 11 nitrogen and oxygen atoms in total. The van der Waals surface area contributed by atoms with Gasteiger partial charge in [0.25, 0.3) is 0 Å². The van der Waals surface area contributed by atoms with Gasteiger partial charge in [-0.15, -0.1) is 24.8 Å². The van der Waals surface area contributed by atoms with E-state index in [0.717, 1.165) is 11.8 Å². The number of nitrogens with one attached hydrogen (secondary N) is 2. The van der Waals surface area contributed by atoms with E-state index in [2.05, 4.69) is 15.0 Å². The Balaban J connectivity index is 0.00000380. The van der Waals surface area contributed by atoms with Gasteiger partial charge in [0.1, 0.15) is 30.0 Å². The number of halogens is 2. The summed E-state index contributed by atoms with van der Waals surface area (Å²) in [5.41, 5.74) is 1.48. The van der Waals surface area contributed by atoms with E-state index < -0.39 is 16.1 Å². The first-order chi connectivity index (χ1) is 17.7. The molecular weight excluding hydrogens is 573 g/mol. The number of phenolic OH excluding ortho intramolecular Hbond substituents is 1. The van der Waals surface area contributed by atoms with Crippen molar-refractivity contribution in [2.75, 3.05) is 30.7 Å². The minimum Gasteiger partial charge on any atom is -0.506 e. The van der Waals surface area contributed by atoms with Crippen LogP contribution in [0.2, 0.25) is 0 Å². The zero-order valence-corrected chi connectivity index (χ0v) is 23.5. The molecule has 1 heterocycles. The Kier molecular flexibility index (Phi) is 14.3. The van der Waals surface area contributed by atoms with Gasteiger partial charge in [-0.25, -0.2) is 13.4 Å². The Hall–Kier alpha value is -2.84. The molecule has 3 rings (SSSR count). The predicted molar refractivity (Wildman–Crippen MR) is 152 cm³/mol. The molecule has 0 aliphatic carbocycles. The third kappa shape index (κ3) is 11.4. The molecule has 0 aliphatic rings. The minimum atomic E-state index is -3.58. The van der Waals surface area contributed by atoms with Crippen LogP contribution in [-0.2, 0) is 23.1 Å². The largest absolute Gasteiger partial charge is 0.506 e. The number of hydrogen-bond donors (Lipinski definition) is 6. The maximum Gasteiger partial charge on any atom is 0.229 e. The van der Waals surface area contributed by atoms with E-state index in [0.29, 0.717) is 23.6 Å². The maximum atomic E-state index is 11.4. The quantitative estimate of drug-likeness (QED) is 0.150. The summed E-state index contributed by atoms with van der Waals surface area (Å²) in [6.07, 6.45) is 2.13. The van der Waals surface area contributed by atoms with Gasteiger partial charge in [-0.3, -0.25) is 4.72 Å². The number of hydrogen-bond acceptors (Lipinski definition) is 10. The highest BCUT2D eigenvalue weighted by molar-refractivity contribution is 7.92. The summed E-state index contributed by atoms with van der Waals surface area (Å²) in [5, 5.41) is 42.3. The molecule has 39 heavy (non-hydrogen) atoms. The molecular formula is C25H33Cl2N3O8S. The number of aliphatic hydroxyl groups is 3. The number of benzene rings is 2. The smallest absolute Gasteiger partial charge is 0.229 e. The Morgan fingerprint density at radius 2 is 1.72 bits per heavy atom. The standard InChI is InChI=1S/C25H31N3O8S.2ClH/c1-37(33,34)28-23-12-22(8-9-24(23)32)35-16-20(31)13-27-19(15-30)11-17-4-6-21(7-5-17)36-25-18(14-29)3-2-10-26-25;;/h2-10,12,19-20,27-32H,11,13-16H2,1H3;2*1H/t19-,20-;;/m0../s1. The minimum absolute atomic E-state index is 0. The van der Waals surface area contributed by atoms with Gasteiger partial charge >= 0.3 is 0 Å². The first-order valence-corrected chi connectivity index (χ1v) is 13.3. The lowest BCUT2D eigenvalue weighted by molar-refractivity contribution is 0.0997. The third-order valence-electron chi connectivity index (χ3n) is 5.21. The lowest BCUT2D eigenvalue weighted by Gasteiger charge is -2.20. The summed E-state index contributed by atoms with van der Waals surface area (Å²) >= 11 is 0. The molecule has 6 N–H and O–H groups in total. The van der Waals surface area contributed by atoms with E-state index in [1.165, 1.54) is 18.2 Å². The average Bonchev–Trinajstić information content (AvgIpc) is 2.87. The van der Waals surface area contributed by atoms with Gasteiger partial charge in [-0.1, -0.05) is 12.1 Å². The number of rotatable bonds is 14. The van der Waals surface area contributed by atoms with Gasteiger partial charge in [-0.2, -0.15) is 0 Å². The van der Waals surface area contributed by atoms with Crippen molar-refractivity contribution in [3.8, 4) is 23.1 Å². The normalized spacial score (nSPS) is 12.4. The monoisotopic (exact) mass is 605 g/mol. The molecule has 0 radical (unpaired) electrons. The Bertz CT molecular complexity index is 1270. The van der Waals surface area contributed by atoms with E-state index >= 15 is 0 Å². The SMILES string of the molecule is CS(=O)(=O)Nc1cc(OC[C@@H](O)CN[C@H](CO)Cc2ccc(Oc3ncccc3CO)cc2)ccc1O.Cl.Cl. The Morgan fingerprint density at radius 3 is 2.36 bits per heavy atom. The highest BCUT2D eigenvalue weighted by atomic mass is 35.5. The van der Waals surface area contributed by atoms with Gasteiger partial charge < -0.3 is 35.2 Å². The van der Waals surface area contributed by atoms with Gasteiger partial charge in [0, 0.05) is 30.4 Å². The summed E-state index contributed by atoms with van der Waals surface area (Å²) in [6.45, 7) is -0.289. The zero-order valence-electron chi connectivity index (χ0n) is 21.1. The lowest BCUT2D eigenvalue weighted by atomic mass is 10.1. The second-order valence-electron chi connectivity index (χ2n) is 8.38. The van der Waals surface area contributed by atoms with E-state index in [1.807, 2.05) is 12.1 Å². The fourth-order valence-corrected chi connectivity index (χ4v) is 3.93. The summed E-state index contributed by atoms with van der Waals surface area (Å²) < 4.78 is 36.2. The van der Waals surface area contributed by atoms with E-state index in [1.54, 1.807) is 30.5 Å². The number of anilines is 1. The van der Waals surface area contributed by atoms with Crippen molar-refractivity contribution in [3.05, 3.63) is 71.9 Å². The van der Waals surface area contributed by atoms with Gasteiger partial charge in [0.15, 0.2) is 0 Å². The molecule has 0 aliphatic heterocycles. The number of ether oxygens (including phenoxy) is 2. The van der Waals surface area contributed by atoms with Crippen LogP contribution in [0.4, 0.5) is 5.69 Å². The lowest BCUT2D eigenvalue weighted by Crippen LogP contribution is -2.41. The summed E-state index contributed by atoms with van der Waals surface area (Å²) in [5.74, 6) is 0.902. The zero-order chi connectivity index (χ0) is 26.8. The van der Waals surface area contributed by atoms with Crippen LogP contribution in [0.1, 0.15) is 11.1 Å². The van der Waals surface area contributed by atoms with Crippen molar-refractivity contribution in [2.45, 2.75) is 25.2 Å². The first kappa shape index (κ1) is 34.2. The van der Waals surface area contributed by atoms with Crippen LogP contribution in [0.15, 0.2) is 60.8 Å². The molecule has 0 saturated heterocycles. The second-order valence-corrected chi connectivity index (χ2v) is 10.1. The number of pyridine rings is 1. The summed E-state index contributed by atoms with van der Waals surface area (Å²) in [4.78, 5) is 4.13. The number of nitrogens with zero attached hydrogens (tertiary/aromatic N) is 1. The molecule has 0 saturated carbocycles. The number of phenols is 1. The van der Waals surface area contributed by atoms with Crippen LogP contribution >= 0.6 is 24.8 Å². The van der Waals surface area contributed by atoms with Crippen molar-refractivity contribution < 1.29 is 38.3 Å². The highest BCUT2D eigenvalue weighted by Gasteiger charge is 2.14. The van der Waals surface area contributed by atoms with Crippen molar-refractivity contribution in [2.24, 2.45) is 0 Å².